The molecule has 3 N–H and O–H groups in total. The third-order valence-corrected chi connectivity index (χ3v) is 3.44. The SMILES string of the molecule is O=C(O)c1csc(CNc2ccc(CO)cc2)c1. The quantitative estimate of drug-likeness (QED) is 0.775. The number of hydrogen-bond acceptors (Lipinski definition) is 4. The Morgan fingerprint density at radius 1 is 1.28 bits per heavy atom. The molecule has 0 unspecified atom stereocenters. The highest BCUT2D eigenvalue weighted by atomic mass is 32.1. The first kappa shape index (κ1) is 12.6. The minimum Gasteiger partial charge on any atom is -0.478 e. The fourth-order valence-corrected chi connectivity index (χ4v) is 2.30. The summed E-state index contributed by atoms with van der Waals surface area (Å²) in [4.78, 5) is 11.7. The maximum atomic E-state index is 10.7. The molecule has 94 valence electrons. The van der Waals surface area contributed by atoms with Gasteiger partial charge < -0.3 is 15.5 Å². The molecule has 0 aliphatic carbocycles. The average molecular weight is 263 g/mol. The first-order valence-electron chi connectivity index (χ1n) is 5.43. The molecule has 1 aromatic carbocycles. The Hall–Kier alpha value is -1.85. The van der Waals surface area contributed by atoms with E-state index in [0.29, 0.717) is 12.1 Å². The average Bonchev–Trinajstić information content (AvgIpc) is 2.86. The number of carbonyl (C=O) groups is 1. The minimum absolute atomic E-state index is 0.0349. The standard InChI is InChI=1S/C13H13NO3S/c15-7-9-1-3-11(4-2-9)14-6-12-5-10(8-18-12)13(16)17/h1-5,8,14-15H,6-7H2,(H,16,17). The molecular weight excluding hydrogens is 250 g/mol. The van der Waals surface area contributed by atoms with Crippen LogP contribution in [0.25, 0.3) is 0 Å². The molecule has 0 radical (unpaired) electrons. The number of thiophene rings is 1. The lowest BCUT2D eigenvalue weighted by atomic mass is 10.2. The number of nitrogens with one attached hydrogen (secondary N) is 1. The summed E-state index contributed by atoms with van der Waals surface area (Å²) in [7, 11) is 0. The van der Waals surface area contributed by atoms with Crippen molar-refractivity contribution in [3.8, 4) is 0 Å². The van der Waals surface area contributed by atoms with Crippen molar-refractivity contribution < 1.29 is 15.0 Å². The highest BCUT2D eigenvalue weighted by Crippen LogP contribution is 2.17. The maximum Gasteiger partial charge on any atom is 0.336 e. The van der Waals surface area contributed by atoms with E-state index < -0.39 is 5.97 Å². The second-order valence-electron chi connectivity index (χ2n) is 3.82. The number of carboxylic acid groups (broad SMARTS) is 1. The zero-order valence-corrected chi connectivity index (χ0v) is 10.4. The Bertz CT molecular complexity index is 533. The zero-order valence-electron chi connectivity index (χ0n) is 9.59. The molecule has 0 atom stereocenters. The van der Waals surface area contributed by atoms with E-state index in [-0.39, 0.29) is 6.61 Å². The van der Waals surface area contributed by atoms with Crippen LogP contribution in [0.4, 0.5) is 5.69 Å². The van der Waals surface area contributed by atoms with Gasteiger partial charge in [-0.2, -0.15) is 0 Å². The fourth-order valence-electron chi connectivity index (χ4n) is 1.50. The van der Waals surface area contributed by atoms with E-state index in [1.54, 1.807) is 11.4 Å². The minimum atomic E-state index is -0.898. The molecule has 0 aliphatic rings. The number of hydrogen-bond donors (Lipinski definition) is 3. The highest BCUT2D eigenvalue weighted by molar-refractivity contribution is 7.10. The van der Waals surface area contributed by atoms with Gasteiger partial charge in [-0.25, -0.2) is 4.79 Å². The smallest absolute Gasteiger partial charge is 0.336 e. The first-order valence-corrected chi connectivity index (χ1v) is 6.31. The zero-order chi connectivity index (χ0) is 13.0. The van der Waals surface area contributed by atoms with Gasteiger partial charge in [0.15, 0.2) is 0 Å². The molecule has 0 bridgehead atoms. The van der Waals surface area contributed by atoms with E-state index in [2.05, 4.69) is 5.32 Å². The van der Waals surface area contributed by atoms with Crippen LogP contribution in [-0.4, -0.2) is 16.2 Å². The van der Waals surface area contributed by atoms with Gasteiger partial charge in [-0.15, -0.1) is 11.3 Å². The van der Waals surface area contributed by atoms with Gasteiger partial charge in [-0.1, -0.05) is 12.1 Å². The highest BCUT2D eigenvalue weighted by Gasteiger charge is 2.05. The van der Waals surface area contributed by atoms with Crippen molar-refractivity contribution >= 4 is 23.0 Å². The number of benzene rings is 1. The summed E-state index contributed by atoms with van der Waals surface area (Å²) in [6.45, 7) is 0.629. The van der Waals surface area contributed by atoms with Crippen LogP contribution in [0.1, 0.15) is 20.8 Å². The van der Waals surface area contributed by atoms with Crippen LogP contribution in [0, 0.1) is 0 Å². The van der Waals surface area contributed by atoms with Crippen molar-refractivity contribution in [3.05, 3.63) is 51.7 Å². The Morgan fingerprint density at radius 3 is 2.56 bits per heavy atom. The summed E-state index contributed by atoms with van der Waals surface area (Å²) < 4.78 is 0. The van der Waals surface area contributed by atoms with E-state index in [4.69, 9.17) is 10.2 Å². The Labute approximate surface area is 109 Å². The third-order valence-electron chi connectivity index (χ3n) is 2.50. The van der Waals surface area contributed by atoms with Crippen molar-refractivity contribution in [1.29, 1.82) is 0 Å². The lowest BCUT2D eigenvalue weighted by Gasteiger charge is -2.05. The number of aliphatic hydroxyl groups excluding tert-OH is 1. The van der Waals surface area contributed by atoms with Crippen LogP contribution in [0.2, 0.25) is 0 Å². The molecule has 0 spiro atoms. The molecule has 1 heterocycles. The monoisotopic (exact) mass is 263 g/mol. The van der Waals surface area contributed by atoms with E-state index in [1.165, 1.54) is 11.3 Å². The molecule has 0 amide bonds. The van der Waals surface area contributed by atoms with Gasteiger partial charge in [0.2, 0.25) is 0 Å². The van der Waals surface area contributed by atoms with E-state index >= 15 is 0 Å². The summed E-state index contributed by atoms with van der Waals surface area (Å²) >= 11 is 1.42. The summed E-state index contributed by atoms with van der Waals surface area (Å²) in [5, 5.41) is 22.6. The Kier molecular flexibility index (Phi) is 3.96. The topological polar surface area (TPSA) is 69.6 Å². The normalized spacial score (nSPS) is 10.3. The molecule has 0 fully saturated rings. The first-order chi connectivity index (χ1) is 8.69. The lowest BCUT2D eigenvalue weighted by molar-refractivity contribution is 0.0697. The summed E-state index contributed by atoms with van der Waals surface area (Å²) in [6.07, 6.45) is 0. The Balaban J connectivity index is 1.95. The number of carboxylic acids is 1. The summed E-state index contributed by atoms with van der Waals surface area (Å²) in [5.74, 6) is -0.898. The largest absolute Gasteiger partial charge is 0.478 e. The van der Waals surface area contributed by atoms with E-state index in [9.17, 15) is 4.79 Å². The summed E-state index contributed by atoms with van der Waals surface area (Å²) in [6, 6.07) is 9.13. The molecule has 5 heteroatoms. The molecule has 4 nitrogen and oxygen atoms in total. The van der Waals surface area contributed by atoms with E-state index in [1.807, 2.05) is 24.3 Å². The van der Waals surface area contributed by atoms with Crippen LogP contribution in [0.3, 0.4) is 0 Å². The van der Waals surface area contributed by atoms with Crippen LogP contribution in [0.5, 0.6) is 0 Å². The molecular formula is C13H13NO3S. The fraction of sp³-hybridized carbons (Fsp3) is 0.154. The van der Waals surface area contributed by atoms with Crippen molar-refractivity contribution in [1.82, 2.24) is 0 Å². The Morgan fingerprint density at radius 2 is 2.00 bits per heavy atom. The maximum absolute atomic E-state index is 10.7. The predicted molar refractivity (Wildman–Crippen MR) is 71.0 cm³/mol. The van der Waals surface area contributed by atoms with Gasteiger partial charge in [0, 0.05) is 22.5 Å². The van der Waals surface area contributed by atoms with Gasteiger partial charge in [0.05, 0.1) is 12.2 Å². The second-order valence-corrected chi connectivity index (χ2v) is 4.81. The summed E-state index contributed by atoms with van der Waals surface area (Å²) in [5.41, 5.74) is 2.13. The van der Waals surface area contributed by atoms with Gasteiger partial charge in [0.25, 0.3) is 0 Å². The van der Waals surface area contributed by atoms with Crippen molar-refractivity contribution in [2.45, 2.75) is 13.2 Å². The number of anilines is 1. The molecule has 18 heavy (non-hydrogen) atoms. The van der Waals surface area contributed by atoms with Crippen molar-refractivity contribution in [2.75, 3.05) is 5.32 Å². The molecule has 0 aliphatic heterocycles. The van der Waals surface area contributed by atoms with Crippen LogP contribution in [0.15, 0.2) is 35.7 Å². The van der Waals surface area contributed by atoms with E-state index in [0.717, 1.165) is 16.1 Å². The molecule has 1 aromatic heterocycles. The van der Waals surface area contributed by atoms with Gasteiger partial charge in [-0.05, 0) is 23.8 Å². The third kappa shape index (κ3) is 3.09. The van der Waals surface area contributed by atoms with Crippen LogP contribution >= 0.6 is 11.3 Å². The lowest BCUT2D eigenvalue weighted by Crippen LogP contribution is -1.98. The van der Waals surface area contributed by atoms with Crippen molar-refractivity contribution in [2.24, 2.45) is 0 Å². The van der Waals surface area contributed by atoms with Crippen LogP contribution < -0.4 is 5.32 Å². The second kappa shape index (κ2) is 5.66. The molecule has 2 rings (SSSR count). The molecule has 2 aromatic rings. The van der Waals surface area contributed by atoms with Crippen LogP contribution in [-0.2, 0) is 13.2 Å². The van der Waals surface area contributed by atoms with Gasteiger partial charge >= 0.3 is 5.97 Å². The number of aromatic carboxylic acids is 1. The molecule has 0 saturated carbocycles. The predicted octanol–water partition coefficient (Wildman–Crippen LogP) is 2.55. The van der Waals surface area contributed by atoms with Crippen molar-refractivity contribution in [3.63, 3.8) is 0 Å². The number of rotatable bonds is 5. The van der Waals surface area contributed by atoms with Gasteiger partial charge in [-0.3, -0.25) is 0 Å². The van der Waals surface area contributed by atoms with Gasteiger partial charge in [0.1, 0.15) is 0 Å². The molecule has 0 saturated heterocycles. The number of aliphatic hydroxyl groups is 1.